The van der Waals surface area contributed by atoms with E-state index in [1.165, 1.54) is 11.8 Å². The second kappa shape index (κ2) is 7.83. The zero-order chi connectivity index (χ0) is 14.3. The molecule has 6 nitrogen and oxygen atoms in total. The van der Waals surface area contributed by atoms with E-state index in [0.717, 1.165) is 19.4 Å². The number of aromatic nitrogens is 2. The zero-order valence-electron chi connectivity index (χ0n) is 11.5. The van der Waals surface area contributed by atoms with Crippen molar-refractivity contribution in [3.8, 4) is 0 Å². The minimum Gasteiger partial charge on any atom is -0.462 e. The van der Waals surface area contributed by atoms with E-state index in [-0.39, 0.29) is 18.0 Å². The molecule has 106 valence electrons. The lowest BCUT2D eigenvalue weighted by Crippen LogP contribution is -2.16. The van der Waals surface area contributed by atoms with Gasteiger partial charge in [-0.3, -0.25) is 0 Å². The number of anilines is 2. The van der Waals surface area contributed by atoms with E-state index < -0.39 is 5.97 Å². The monoisotopic (exact) mass is 284 g/mol. The predicted molar refractivity (Wildman–Crippen MR) is 77.6 cm³/mol. The number of hydrogen-bond acceptors (Lipinski definition) is 7. The second-order valence-corrected chi connectivity index (χ2v) is 4.59. The molecule has 0 amide bonds. The quantitative estimate of drug-likeness (QED) is 0.343. The molecule has 0 spiro atoms. The van der Waals surface area contributed by atoms with Gasteiger partial charge in [0, 0.05) is 6.54 Å². The first kappa shape index (κ1) is 15.6. The van der Waals surface area contributed by atoms with Crippen LogP contribution in [0.2, 0.25) is 0 Å². The average molecular weight is 284 g/mol. The topological polar surface area (TPSA) is 90.1 Å². The fourth-order valence-electron chi connectivity index (χ4n) is 1.46. The van der Waals surface area contributed by atoms with Crippen molar-refractivity contribution < 1.29 is 9.53 Å². The van der Waals surface area contributed by atoms with Gasteiger partial charge < -0.3 is 15.8 Å². The molecule has 0 atom stereocenters. The highest BCUT2D eigenvalue weighted by molar-refractivity contribution is 7.98. The number of nitrogens with two attached hydrogens (primary N) is 1. The van der Waals surface area contributed by atoms with Crippen LogP contribution in [0.15, 0.2) is 5.16 Å². The van der Waals surface area contributed by atoms with Crippen molar-refractivity contribution in [2.45, 2.75) is 31.8 Å². The number of nitrogens with one attached hydrogen (secondary N) is 1. The normalized spacial score (nSPS) is 10.3. The van der Waals surface area contributed by atoms with Crippen LogP contribution >= 0.6 is 11.8 Å². The number of nitrogen functional groups attached to an aromatic ring is 1. The van der Waals surface area contributed by atoms with Gasteiger partial charge in [0.05, 0.1) is 6.61 Å². The standard InChI is InChI=1S/C12H20N4O2S/c1-4-6-7-14-10-8(11(17)18-5-2)9(13)15-12(16-10)19-3/h4-7H2,1-3H3,(H3,13,14,15,16). The number of carbonyl (C=O) groups is 1. The molecule has 3 N–H and O–H groups in total. The van der Waals surface area contributed by atoms with Gasteiger partial charge in [0.25, 0.3) is 0 Å². The van der Waals surface area contributed by atoms with Crippen LogP contribution in [0.1, 0.15) is 37.0 Å². The van der Waals surface area contributed by atoms with Gasteiger partial charge in [-0.1, -0.05) is 25.1 Å². The van der Waals surface area contributed by atoms with Crippen molar-refractivity contribution in [1.82, 2.24) is 9.97 Å². The molecular weight excluding hydrogens is 264 g/mol. The molecule has 0 unspecified atom stereocenters. The van der Waals surface area contributed by atoms with Gasteiger partial charge in [-0.25, -0.2) is 14.8 Å². The number of nitrogens with zero attached hydrogens (tertiary/aromatic N) is 2. The molecule has 0 aliphatic rings. The van der Waals surface area contributed by atoms with Crippen LogP contribution in [0.5, 0.6) is 0 Å². The van der Waals surface area contributed by atoms with Crippen molar-refractivity contribution in [2.24, 2.45) is 0 Å². The molecule has 0 radical (unpaired) electrons. The minimum absolute atomic E-state index is 0.150. The molecule has 0 aliphatic carbocycles. The van der Waals surface area contributed by atoms with E-state index in [4.69, 9.17) is 10.5 Å². The number of hydrogen-bond donors (Lipinski definition) is 2. The third-order valence-electron chi connectivity index (χ3n) is 2.40. The summed E-state index contributed by atoms with van der Waals surface area (Å²) in [6, 6.07) is 0. The van der Waals surface area contributed by atoms with Gasteiger partial charge in [-0.2, -0.15) is 0 Å². The molecule has 1 aromatic rings. The first-order valence-electron chi connectivity index (χ1n) is 6.26. The molecule has 1 rings (SSSR count). The van der Waals surface area contributed by atoms with Gasteiger partial charge in [0.15, 0.2) is 5.16 Å². The molecule has 7 heteroatoms. The molecule has 1 aromatic heterocycles. The van der Waals surface area contributed by atoms with Crippen LogP contribution in [-0.2, 0) is 4.74 Å². The predicted octanol–water partition coefficient (Wildman–Crippen LogP) is 2.17. The SMILES string of the molecule is CCCCNc1nc(SC)nc(N)c1C(=O)OCC. The fraction of sp³-hybridized carbons (Fsp3) is 0.583. The lowest BCUT2D eigenvalue weighted by Gasteiger charge is -2.12. The summed E-state index contributed by atoms with van der Waals surface area (Å²) < 4.78 is 4.98. The third-order valence-corrected chi connectivity index (χ3v) is 2.95. The Balaban J connectivity index is 3.06. The van der Waals surface area contributed by atoms with Crippen molar-refractivity contribution in [3.05, 3.63) is 5.56 Å². The Morgan fingerprint density at radius 1 is 1.42 bits per heavy atom. The number of unbranched alkanes of at least 4 members (excludes halogenated alkanes) is 1. The van der Waals surface area contributed by atoms with Gasteiger partial charge in [-0.15, -0.1) is 0 Å². The summed E-state index contributed by atoms with van der Waals surface area (Å²) in [5.41, 5.74) is 6.05. The maximum atomic E-state index is 11.9. The minimum atomic E-state index is -0.494. The van der Waals surface area contributed by atoms with E-state index >= 15 is 0 Å². The lowest BCUT2D eigenvalue weighted by molar-refractivity contribution is 0.0527. The highest BCUT2D eigenvalue weighted by atomic mass is 32.2. The van der Waals surface area contributed by atoms with Gasteiger partial charge in [-0.05, 0) is 19.6 Å². The van der Waals surface area contributed by atoms with Crippen LogP contribution in [0, 0.1) is 0 Å². The Kier molecular flexibility index (Phi) is 6.41. The van der Waals surface area contributed by atoms with Crippen LogP contribution in [0.4, 0.5) is 11.6 Å². The summed E-state index contributed by atoms with van der Waals surface area (Å²) in [5.74, 6) is 0.104. The number of thioether (sulfide) groups is 1. The molecule has 0 saturated carbocycles. The van der Waals surface area contributed by atoms with E-state index in [0.29, 0.717) is 11.0 Å². The van der Waals surface area contributed by atoms with Crippen LogP contribution in [0.3, 0.4) is 0 Å². The molecule has 0 bridgehead atoms. The molecule has 0 aromatic carbocycles. The lowest BCUT2D eigenvalue weighted by atomic mass is 10.2. The molecule has 1 heterocycles. The maximum Gasteiger partial charge on any atom is 0.345 e. The highest BCUT2D eigenvalue weighted by Crippen LogP contribution is 2.23. The van der Waals surface area contributed by atoms with E-state index in [2.05, 4.69) is 22.2 Å². The van der Waals surface area contributed by atoms with Crippen molar-refractivity contribution in [2.75, 3.05) is 30.5 Å². The van der Waals surface area contributed by atoms with E-state index in [1.807, 2.05) is 6.26 Å². The number of carbonyl (C=O) groups excluding carboxylic acids is 1. The average Bonchev–Trinajstić information content (AvgIpc) is 2.38. The number of ether oxygens (including phenoxy) is 1. The summed E-state index contributed by atoms with van der Waals surface area (Å²) in [4.78, 5) is 20.2. The number of esters is 1. The summed E-state index contributed by atoms with van der Waals surface area (Å²) in [6.45, 7) is 4.86. The molecule has 19 heavy (non-hydrogen) atoms. The van der Waals surface area contributed by atoms with E-state index in [1.54, 1.807) is 6.92 Å². The van der Waals surface area contributed by atoms with Gasteiger partial charge >= 0.3 is 5.97 Å². The largest absolute Gasteiger partial charge is 0.462 e. The molecule has 0 aliphatic heterocycles. The van der Waals surface area contributed by atoms with Crippen LogP contribution in [-0.4, -0.2) is 35.3 Å². The van der Waals surface area contributed by atoms with Crippen molar-refractivity contribution >= 4 is 29.4 Å². The second-order valence-electron chi connectivity index (χ2n) is 3.82. The maximum absolute atomic E-state index is 11.9. The Labute approximate surface area is 117 Å². The van der Waals surface area contributed by atoms with Gasteiger partial charge in [0.1, 0.15) is 17.2 Å². The first-order chi connectivity index (χ1) is 9.13. The Morgan fingerprint density at radius 3 is 2.74 bits per heavy atom. The van der Waals surface area contributed by atoms with E-state index in [9.17, 15) is 4.79 Å². The van der Waals surface area contributed by atoms with Crippen LogP contribution in [0.25, 0.3) is 0 Å². The van der Waals surface area contributed by atoms with Crippen LogP contribution < -0.4 is 11.1 Å². The first-order valence-corrected chi connectivity index (χ1v) is 7.48. The summed E-state index contributed by atoms with van der Waals surface area (Å²) in [6.07, 6.45) is 3.90. The van der Waals surface area contributed by atoms with Gasteiger partial charge in [0.2, 0.25) is 0 Å². The van der Waals surface area contributed by atoms with Crippen molar-refractivity contribution in [3.63, 3.8) is 0 Å². The van der Waals surface area contributed by atoms with Crippen molar-refractivity contribution in [1.29, 1.82) is 0 Å². The summed E-state index contributed by atoms with van der Waals surface area (Å²) >= 11 is 1.38. The summed E-state index contributed by atoms with van der Waals surface area (Å²) in [5, 5.41) is 3.66. The fourth-order valence-corrected chi connectivity index (χ4v) is 1.84. The Bertz CT molecular complexity index is 440. The third kappa shape index (κ3) is 4.27. The Hall–Kier alpha value is -1.50. The zero-order valence-corrected chi connectivity index (χ0v) is 12.3. The molecule has 0 saturated heterocycles. The summed E-state index contributed by atoms with van der Waals surface area (Å²) in [7, 11) is 0. The smallest absolute Gasteiger partial charge is 0.345 e. The molecule has 0 fully saturated rings. The molecular formula is C12H20N4O2S. The number of rotatable bonds is 7. The Morgan fingerprint density at radius 2 is 2.16 bits per heavy atom. The highest BCUT2D eigenvalue weighted by Gasteiger charge is 2.20.